The normalized spacial score (nSPS) is 20.7. The van der Waals surface area contributed by atoms with Crippen molar-refractivity contribution in [1.29, 1.82) is 0 Å². The SMILES string of the molecule is CCCCC1(CCCC)c2cc(NC(=O)[C@@H]3C[C@@H](OC(=O)CN4CCOCC4)CN3C(=O)[C@H](NC(=O)OC)c3ccccc3)ccc2-c2ccc(NC(=O)[C@@H]3C[C@@H](OC(=O)CN4CCOCC4)CN3C(=O)[C@H](NC(=O)OC)c3ccccc3)cc21. The maximum Gasteiger partial charge on any atom is 0.407 e. The molecule has 0 radical (unpaired) electrons. The minimum absolute atomic E-state index is 0.000521. The lowest BCUT2D eigenvalue weighted by molar-refractivity contribution is -0.152. The summed E-state index contributed by atoms with van der Waals surface area (Å²) in [6.07, 6.45) is 1.62. The van der Waals surface area contributed by atoms with E-state index in [1.54, 1.807) is 60.7 Å². The Morgan fingerprint density at radius 3 is 1.31 bits per heavy atom. The first kappa shape index (κ1) is 61.6. The molecule has 454 valence electrons. The van der Waals surface area contributed by atoms with Crippen LogP contribution in [0.2, 0.25) is 0 Å². The molecule has 4 aromatic rings. The quantitative estimate of drug-likeness (QED) is 0.0513. The van der Waals surface area contributed by atoms with Crippen LogP contribution >= 0.6 is 0 Å². The molecule has 6 amide bonds. The zero-order valence-corrected chi connectivity index (χ0v) is 48.8. The van der Waals surface area contributed by atoms with Gasteiger partial charge in [-0.1, -0.05) is 112 Å². The fourth-order valence-corrected chi connectivity index (χ4v) is 12.4. The number of amides is 6. The first-order chi connectivity index (χ1) is 41.2. The Hall–Kier alpha value is -7.92. The van der Waals surface area contributed by atoms with Gasteiger partial charge in [0.05, 0.1) is 66.8 Å². The van der Waals surface area contributed by atoms with E-state index in [1.807, 2.05) is 46.2 Å². The Labute approximate surface area is 495 Å². The lowest BCUT2D eigenvalue weighted by Gasteiger charge is -2.33. The molecule has 22 heteroatoms. The Morgan fingerprint density at radius 1 is 0.553 bits per heavy atom. The Morgan fingerprint density at radius 2 is 0.941 bits per heavy atom. The zero-order valence-electron chi connectivity index (χ0n) is 48.8. The van der Waals surface area contributed by atoms with Crippen molar-refractivity contribution in [2.45, 2.75) is 107 Å². The number of morpholine rings is 2. The molecule has 0 spiro atoms. The van der Waals surface area contributed by atoms with E-state index in [1.165, 1.54) is 24.0 Å². The van der Waals surface area contributed by atoms with E-state index in [0.717, 1.165) is 60.8 Å². The zero-order chi connectivity index (χ0) is 60.0. The fraction of sp³-hybridized carbons (Fsp3) is 0.492. The Balaban J connectivity index is 0.991. The molecule has 4 aromatic carbocycles. The average molecular weight is 1170 g/mol. The van der Waals surface area contributed by atoms with Gasteiger partial charge in [0.2, 0.25) is 11.8 Å². The molecule has 5 aliphatic rings. The van der Waals surface area contributed by atoms with Gasteiger partial charge >= 0.3 is 24.1 Å². The van der Waals surface area contributed by atoms with Gasteiger partial charge in [0.25, 0.3) is 11.8 Å². The highest BCUT2D eigenvalue weighted by Crippen LogP contribution is 2.55. The van der Waals surface area contributed by atoms with Crippen LogP contribution < -0.4 is 21.3 Å². The Kier molecular flexibility index (Phi) is 20.9. The van der Waals surface area contributed by atoms with Crippen LogP contribution in [0.15, 0.2) is 97.1 Å². The second-order valence-corrected chi connectivity index (χ2v) is 22.2. The minimum atomic E-state index is -1.23. The van der Waals surface area contributed by atoms with Crippen LogP contribution in [0.1, 0.15) is 99.6 Å². The maximum absolute atomic E-state index is 14.9. The van der Waals surface area contributed by atoms with Crippen molar-refractivity contribution in [3.63, 3.8) is 0 Å². The van der Waals surface area contributed by atoms with Crippen molar-refractivity contribution >= 4 is 59.1 Å². The van der Waals surface area contributed by atoms with E-state index >= 15 is 0 Å². The highest BCUT2D eigenvalue weighted by atomic mass is 16.6. The van der Waals surface area contributed by atoms with Crippen molar-refractivity contribution < 1.29 is 66.8 Å². The summed E-state index contributed by atoms with van der Waals surface area (Å²) in [6.45, 7) is 8.30. The monoisotopic (exact) mass is 1170 g/mol. The smallest absolute Gasteiger partial charge is 0.407 e. The standard InChI is InChI=1S/C63H78N8O14/c1-5-7-23-63(24-8-6-2)49-33-43(64-57(74)51-35-45(84-53(72)39-68-25-29-82-30-26-68)37-70(51)59(76)55(66-61(78)80-3)41-15-11-9-12-16-41)19-21-47(49)48-22-20-44(34-50(48)63)65-58(75)52-36-46(85-54(73)40-69-27-31-83-32-28-69)38-71(52)60(77)56(67-62(79)81-4)42-17-13-10-14-18-42/h9-22,33-34,45-46,51-52,55-56H,5-8,23-32,35-40H2,1-4H3,(H,64,74)(H,65,75)(H,66,78)(H,67,79)/t45-,46-,51+,52+,55-,56-/m1/s1. The van der Waals surface area contributed by atoms with Crippen molar-refractivity contribution in [2.24, 2.45) is 0 Å². The summed E-state index contributed by atoms with van der Waals surface area (Å²) in [5.41, 5.74) is 5.22. The highest BCUT2D eigenvalue weighted by molar-refractivity contribution is 6.01. The molecular formula is C63H78N8O14. The van der Waals surface area contributed by atoms with Crippen LogP contribution in [-0.4, -0.2) is 185 Å². The van der Waals surface area contributed by atoms with Crippen LogP contribution in [0.5, 0.6) is 0 Å². The largest absolute Gasteiger partial charge is 0.459 e. The number of fused-ring (bicyclic) bond motifs is 3. The molecule has 9 rings (SSSR count). The first-order valence-electron chi connectivity index (χ1n) is 29.5. The summed E-state index contributed by atoms with van der Waals surface area (Å²) < 4.78 is 32.7. The van der Waals surface area contributed by atoms with Gasteiger partial charge in [-0.15, -0.1) is 0 Å². The van der Waals surface area contributed by atoms with Crippen LogP contribution in [0.25, 0.3) is 11.1 Å². The van der Waals surface area contributed by atoms with Gasteiger partial charge in [0, 0.05) is 55.8 Å². The summed E-state index contributed by atoms with van der Waals surface area (Å²) in [6, 6.07) is 24.2. The predicted molar refractivity (Wildman–Crippen MR) is 313 cm³/mol. The molecule has 0 bridgehead atoms. The third kappa shape index (κ3) is 14.8. The third-order valence-electron chi connectivity index (χ3n) is 16.7. The molecule has 1 aliphatic carbocycles. The highest BCUT2D eigenvalue weighted by Gasteiger charge is 2.48. The third-order valence-corrected chi connectivity index (χ3v) is 16.7. The number of anilines is 2. The number of nitrogens with zero attached hydrogens (tertiary/aromatic N) is 4. The van der Waals surface area contributed by atoms with Gasteiger partial charge in [-0.3, -0.25) is 38.6 Å². The number of esters is 2. The van der Waals surface area contributed by atoms with Crippen molar-refractivity contribution in [3.8, 4) is 11.1 Å². The summed E-state index contributed by atoms with van der Waals surface area (Å²) >= 11 is 0. The molecule has 4 N–H and O–H groups in total. The number of carbonyl (C=O) groups is 8. The van der Waals surface area contributed by atoms with Crippen molar-refractivity contribution in [2.75, 3.05) is 104 Å². The lowest BCUT2D eigenvalue weighted by atomic mass is 9.70. The fourth-order valence-electron chi connectivity index (χ4n) is 12.4. The second kappa shape index (κ2) is 28.8. The molecule has 6 atom stereocenters. The van der Waals surface area contributed by atoms with Gasteiger partial charge in [-0.25, -0.2) is 9.59 Å². The predicted octanol–water partition coefficient (Wildman–Crippen LogP) is 6.09. The summed E-state index contributed by atoms with van der Waals surface area (Å²) in [4.78, 5) is 118. The van der Waals surface area contributed by atoms with Gasteiger partial charge in [-0.05, 0) is 70.5 Å². The molecule has 4 fully saturated rings. The van der Waals surface area contributed by atoms with E-state index in [0.29, 0.717) is 75.1 Å². The summed E-state index contributed by atoms with van der Waals surface area (Å²) in [5, 5.41) is 11.5. The van der Waals surface area contributed by atoms with Crippen LogP contribution in [0.3, 0.4) is 0 Å². The molecule has 0 aromatic heterocycles. The number of hydrogen-bond donors (Lipinski definition) is 4. The molecule has 85 heavy (non-hydrogen) atoms. The van der Waals surface area contributed by atoms with Crippen molar-refractivity contribution in [3.05, 3.63) is 119 Å². The number of unbranched alkanes of at least 4 members (excludes halogenated alkanes) is 2. The first-order valence-corrected chi connectivity index (χ1v) is 29.5. The number of likely N-dealkylation sites (tertiary alicyclic amines) is 2. The van der Waals surface area contributed by atoms with E-state index in [9.17, 15) is 38.4 Å². The number of methoxy groups -OCH3 is 2. The number of carbonyl (C=O) groups excluding carboxylic acids is 8. The molecular weight excluding hydrogens is 1090 g/mol. The van der Waals surface area contributed by atoms with Crippen molar-refractivity contribution in [1.82, 2.24) is 30.2 Å². The molecule has 4 aliphatic heterocycles. The summed E-state index contributed by atoms with van der Waals surface area (Å²) in [5.74, 6) is -3.18. The molecule has 0 unspecified atom stereocenters. The van der Waals surface area contributed by atoms with Gasteiger partial charge in [0.1, 0.15) is 36.4 Å². The molecule has 4 saturated heterocycles. The van der Waals surface area contributed by atoms with E-state index < -0.39 is 89.5 Å². The van der Waals surface area contributed by atoms with Crippen LogP contribution in [-0.2, 0) is 62.6 Å². The van der Waals surface area contributed by atoms with Gasteiger partial charge in [-0.2, -0.15) is 0 Å². The van der Waals surface area contributed by atoms with E-state index in [2.05, 4.69) is 35.1 Å². The number of nitrogens with one attached hydrogen (secondary N) is 4. The number of rotatable bonds is 22. The molecule has 22 nitrogen and oxygen atoms in total. The topological polar surface area (TPSA) is 253 Å². The molecule has 4 heterocycles. The number of benzene rings is 4. The number of ether oxygens (including phenoxy) is 6. The second-order valence-electron chi connectivity index (χ2n) is 22.2. The number of alkyl carbamates (subject to hydrolysis) is 2. The summed E-state index contributed by atoms with van der Waals surface area (Å²) in [7, 11) is 2.39. The van der Waals surface area contributed by atoms with Crippen LogP contribution in [0, 0.1) is 0 Å². The lowest BCUT2D eigenvalue weighted by Crippen LogP contribution is -2.48. The van der Waals surface area contributed by atoms with E-state index in [4.69, 9.17) is 28.4 Å². The van der Waals surface area contributed by atoms with Gasteiger partial charge < -0.3 is 59.5 Å². The number of hydrogen-bond acceptors (Lipinski definition) is 16. The van der Waals surface area contributed by atoms with E-state index in [-0.39, 0.29) is 39.0 Å². The van der Waals surface area contributed by atoms with Crippen LogP contribution in [0.4, 0.5) is 21.0 Å². The molecule has 0 saturated carbocycles. The Bertz CT molecular complexity index is 2830. The van der Waals surface area contributed by atoms with Gasteiger partial charge in [0.15, 0.2) is 0 Å². The maximum atomic E-state index is 14.9. The average Bonchev–Trinajstić information content (AvgIpc) is 1.99. The minimum Gasteiger partial charge on any atom is -0.459 e.